The Kier molecular flexibility index (Phi) is 9.87. The Bertz CT molecular complexity index is 1010. The van der Waals surface area contributed by atoms with E-state index in [2.05, 4.69) is 20.6 Å². The van der Waals surface area contributed by atoms with E-state index in [0.717, 1.165) is 16.5 Å². The lowest BCUT2D eigenvalue weighted by Gasteiger charge is -2.23. The van der Waals surface area contributed by atoms with Crippen LogP contribution in [0, 0.1) is 5.92 Å². The van der Waals surface area contributed by atoms with Gasteiger partial charge >= 0.3 is 5.97 Å². The monoisotopic (exact) mass is 473 g/mol. The molecule has 11 heteroatoms. The van der Waals surface area contributed by atoms with Gasteiger partial charge in [0.05, 0.1) is 6.04 Å². The van der Waals surface area contributed by atoms with E-state index in [1.165, 1.54) is 0 Å². The molecule has 0 saturated carbocycles. The van der Waals surface area contributed by atoms with Crippen LogP contribution >= 0.6 is 0 Å². The predicted molar refractivity (Wildman–Crippen MR) is 131 cm³/mol. The van der Waals surface area contributed by atoms with Gasteiger partial charge in [0.15, 0.2) is 5.96 Å². The van der Waals surface area contributed by atoms with Gasteiger partial charge in [0.1, 0.15) is 12.1 Å². The second-order valence-corrected chi connectivity index (χ2v) is 8.71. The summed E-state index contributed by atoms with van der Waals surface area (Å²) in [6.07, 6.45) is 2.87. The van der Waals surface area contributed by atoms with Crippen LogP contribution in [0.15, 0.2) is 35.5 Å². The molecule has 3 atom stereocenters. The van der Waals surface area contributed by atoms with Gasteiger partial charge in [-0.05, 0) is 36.8 Å². The lowest BCUT2D eigenvalue weighted by atomic mass is 10.0. The van der Waals surface area contributed by atoms with Crippen LogP contribution in [0.5, 0.6) is 0 Å². The van der Waals surface area contributed by atoms with Crippen molar-refractivity contribution in [1.29, 1.82) is 0 Å². The Morgan fingerprint density at radius 1 is 1.09 bits per heavy atom. The zero-order valence-electron chi connectivity index (χ0n) is 19.6. The summed E-state index contributed by atoms with van der Waals surface area (Å²) in [5, 5.41) is 15.7. The number of carboxylic acid groups (broad SMARTS) is 1. The van der Waals surface area contributed by atoms with E-state index in [9.17, 15) is 19.5 Å². The number of H-pyrrole nitrogens is 1. The van der Waals surface area contributed by atoms with Crippen molar-refractivity contribution < 1.29 is 19.5 Å². The second-order valence-electron chi connectivity index (χ2n) is 8.71. The molecule has 1 heterocycles. The minimum absolute atomic E-state index is 0.0878. The van der Waals surface area contributed by atoms with Crippen LogP contribution in [0.3, 0.4) is 0 Å². The molecule has 1 aromatic heterocycles. The van der Waals surface area contributed by atoms with Crippen LogP contribution in [0.25, 0.3) is 10.9 Å². The summed E-state index contributed by atoms with van der Waals surface area (Å²) in [6.45, 7) is 4.13. The highest BCUT2D eigenvalue weighted by Crippen LogP contribution is 2.19. The Morgan fingerprint density at radius 2 is 1.76 bits per heavy atom. The molecule has 0 spiro atoms. The van der Waals surface area contributed by atoms with Crippen LogP contribution in [0.2, 0.25) is 0 Å². The number of benzene rings is 1. The molecule has 11 nitrogen and oxygen atoms in total. The number of aliphatic imine (C=N–C) groups is 1. The molecule has 186 valence electrons. The number of carbonyl (C=O) groups is 3. The standard InChI is InChI=1S/C23H35N7O4/c1-13(2)10-16(24)20(31)30-19(11-14-12-28-17-7-4-3-6-15(14)17)21(32)29-18(22(33)34)8-5-9-27-23(25)26/h3-4,6-7,12-13,16,18-19,28H,5,8-11,24H2,1-2H3,(H,29,32)(H,30,31)(H,33,34)(H4,25,26,27). The van der Waals surface area contributed by atoms with Crippen LogP contribution in [-0.2, 0) is 20.8 Å². The molecule has 1 aromatic carbocycles. The number of nitrogens with one attached hydrogen (secondary N) is 3. The number of hydrogen-bond acceptors (Lipinski definition) is 5. The van der Waals surface area contributed by atoms with Gasteiger partial charge in [-0.3, -0.25) is 14.6 Å². The van der Waals surface area contributed by atoms with E-state index >= 15 is 0 Å². The van der Waals surface area contributed by atoms with Crippen molar-refractivity contribution in [2.75, 3.05) is 6.54 Å². The van der Waals surface area contributed by atoms with Crippen molar-refractivity contribution in [3.63, 3.8) is 0 Å². The highest BCUT2D eigenvalue weighted by Gasteiger charge is 2.29. The van der Waals surface area contributed by atoms with Crippen molar-refractivity contribution >= 4 is 34.6 Å². The number of carbonyl (C=O) groups excluding carboxylic acids is 2. The molecule has 0 aliphatic carbocycles. The molecule has 0 fully saturated rings. The van der Waals surface area contributed by atoms with Gasteiger partial charge in [-0.2, -0.15) is 0 Å². The van der Waals surface area contributed by atoms with Gasteiger partial charge in [-0.1, -0.05) is 32.0 Å². The van der Waals surface area contributed by atoms with Crippen LogP contribution in [0.1, 0.15) is 38.7 Å². The number of nitrogens with zero attached hydrogens (tertiary/aromatic N) is 1. The van der Waals surface area contributed by atoms with E-state index in [-0.39, 0.29) is 31.3 Å². The summed E-state index contributed by atoms with van der Waals surface area (Å²) >= 11 is 0. The van der Waals surface area contributed by atoms with Gasteiger partial charge in [-0.25, -0.2) is 4.79 Å². The normalized spacial score (nSPS) is 13.8. The van der Waals surface area contributed by atoms with Gasteiger partial charge in [0.2, 0.25) is 11.8 Å². The molecular weight excluding hydrogens is 438 g/mol. The maximum absolute atomic E-state index is 13.1. The number of carboxylic acids is 1. The number of guanidine groups is 1. The average molecular weight is 474 g/mol. The lowest BCUT2D eigenvalue weighted by Crippen LogP contribution is -2.55. The number of aromatic amines is 1. The zero-order valence-corrected chi connectivity index (χ0v) is 19.6. The summed E-state index contributed by atoms with van der Waals surface area (Å²) in [5.41, 5.74) is 18.3. The van der Waals surface area contributed by atoms with Crippen LogP contribution < -0.4 is 27.8 Å². The van der Waals surface area contributed by atoms with E-state index in [1.54, 1.807) is 6.20 Å². The minimum atomic E-state index is -1.19. The number of aromatic nitrogens is 1. The predicted octanol–water partition coefficient (Wildman–Crippen LogP) is 0.192. The highest BCUT2D eigenvalue weighted by molar-refractivity contribution is 5.93. The Morgan fingerprint density at radius 3 is 2.41 bits per heavy atom. The van der Waals surface area contributed by atoms with Crippen molar-refractivity contribution in [2.45, 2.75) is 57.7 Å². The molecule has 0 bridgehead atoms. The fourth-order valence-electron chi connectivity index (χ4n) is 3.66. The molecule has 3 unspecified atom stereocenters. The highest BCUT2D eigenvalue weighted by atomic mass is 16.4. The molecule has 0 radical (unpaired) electrons. The second kappa shape index (κ2) is 12.6. The van der Waals surface area contributed by atoms with Gasteiger partial charge < -0.3 is 37.9 Å². The van der Waals surface area contributed by atoms with E-state index < -0.39 is 35.9 Å². The third-order valence-corrected chi connectivity index (χ3v) is 5.35. The summed E-state index contributed by atoms with van der Waals surface area (Å²) in [4.78, 5) is 44.5. The molecule has 2 aromatic rings. The summed E-state index contributed by atoms with van der Waals surface area (Å²) in [6, 6.07) is 4.63. The maximum atomic E-state index is 13.1. The number of rotatable bonds is 13. The van der Waals surface area contributed by atoms with E-state index in [0.29, 0.717) is 12.8 Å². The molecule has 2 amide bonds. The number of amides is 2. The fraction of sp³-hybridized carbons (Fsp3) is 0.478. The third-order valence-electron chi connectivity index (χ3n) is 5.35. The minimum Gasteiger partial charge on any atom is -0.480 e. The van der Waals surface area contributed by atoms with Crippen LogP contribution in [-0.4, -0.2) is 58.5 Å². The van der Waals surface area contributed by atoms with Crippen molar-refractivity contribution in [3.8, 4) is 0 Å². The van der Waals surface area contributed by atoms with Gasteiger partial charge in [0.25, 0.3) is 0 Å². The number of nitrogens with two attached hydrogens (primary N) is 3. The Hall–Kier alpha value is -3.60. The van der Waals surface area contributed by atoms with Crippen molar-refractivity contribution in [1.82, 2.24) is 15.6 Å². The van der Waals surface area contributed by atoms with E-state index in [4.69, 9.17) is 17.2 Å². The number of hydrogen-bond donors (Lipinski definition) is 7. The number of aliphatic carboxylic acids is 1. The largest absolute Gasteiger partial charge is 0.480 e. The molecular formula is C23H35N7O4. The van der Waals surface area contributed by atoms with E-state index in [1.807, 2.05) is 38.1 Å². The summed E-state index contributed by atoms with van der Waals surface area (Å²) < 4.78 is 0. The quantitative estimate of drug-likeness (QED) is 0.122. The molecule has 0 aliphatic heterocycles. The summed E-state index contributed by atoms with van der Waals surface area (Å²) in [5.74, 6) is -2.15. The third kappa shape index (κ3) is 8.07. The van der Waals surface area contributed by atoms with Crippen molar-refractivity contribution in [2.24, 2.45) is 28.1 Å². The first-order chi connectivity index (χ1) is 16.1. The van der Waals surface area contributed by atoms with Crippen LogP contribution in [0.4, 0.5) is 0 Å². The molecule has 34 heavy (non-hydrogen) atoms. The first kappa shape index (κ1) is 26.7. The molecule has 2 rings (SSSR count). The molecule has 10 N–H and O–H groups in total. The SMILES string of the molecule is CC(C)CC(N)C(=O)NC(Cc1c[nH]c2ccccc12)C(=O)NC(CCCN=C(N)N)C(=O)O. The lowest BCUT2D eigenvalue weighted by molar-refractivity contribution is -0.142. The smallest absolute Gasteiger partial charge is 0.326 e. The topological polar surface area (TPSA) is 202 Å². The zero-order chi connectivity index (χ0) is 25.3. The first-order valence-corrected chi connectivity index (χ1v) is 11.3. The summed E-state index contributed by atoms with van der Waals surface area (Å²) in [7, 11) is 0. The number of para-hydroxylation sites is 1. The maximum Gasteiger partial charge on any atom is 0.326 e. The average Bonchev–Trinajstić information content (AvgIpc) is 3.17. The first-order valence-electron chi connectivity index (χ1n) is 11.3. The van der Waals surface area contributed by atoms with Gasteiger partial charge in [-0.15, -0.1) is 0 Å². The number of fused-ring (bicyclic) bond motifs is 1. The Labute approximate surface area is 198 Å². The van der Waals surface area contributed by atoms with Crippen molar-refractivity contribution in [3.05, 3.63) is 36.0 Å². The molecule has 0 saturated heterocycles. The fourth-order valence-corrected chi connectivity index (χ4v) is 3.66. The van der Waals surface area contributed by atoms with Gasteiger partial charge in [0, 0.05) is 30.1 Å². The Balaban J connectivity index is 2.18. The molecule has 0 aliphatic rings.